The van der Waals surface area contributed by atoms with Crippen LogP contribution in [0.15, 0.2) is 60.0 Å². The first-order chi connectivity index (χ1) is 11.0. The fraction of sp³-hybridized carbons (Fsp3) is 0.118. The highest BCUT2D eigenvalue weighted by Crippen LogP contribution is 2.23. The molecule has 0 N–H and O–H groups in total. The van der Waals surface area contributed by atoms with Gasteiger partial charge in [-0.3, -0.25) is 0 Å². The highest BCUT2D eigenvalue weighted by molar-refractivity contribution is 7.92. The molecule has 0 spiro atoms. The zero-order valence-electron chi connectivity index (χ0n) is 12.6. The van der Waals surface area contributed by atoms with E-state index >= 15 is 0 Å². The van der Waals surface area contributed by atoms with Crippen molar-refractivity contribution in [2.24, 2.45) is 0 Å². The van der Waals surface area contributed by atoms with E-state index in [0.717, 1.165) is 20.8 Å². The Labute approximate surface area is 139 Å². The van der Waals surface area contributed by atoms with Gasteiger partial charge in [0.25, 0.3) is 0 Å². The van der Waals surface area contributed by atoms with Crippen molar-refractivity contribution in [3.8, 4) is 0 Å². The van der Waals surface area contributed by atoms with Crippen molar-refractivity contribution in [3.05, 3.63) is 70.6 Å². The number of hydrogen-bond acceptors (Lipinski definition) is 4. The lowest BCUT2D eigenvalue weighted by Crippen LogP contribution is -2.24. The third-order valence-corrected chi connectivity index (χ3v) is 5.86. The molecular weight excluding hydrogens is 328 g/mol. The third-order valence-electron chi connectivity index (χ3n) is 3.36. The van der Waals surface area contributed by atoms with Crippen LogP contribution in [0.4, 0.5) is 0 Å². The number of fused-ring (bicyclic) bond motifs is 1. The molecule has 0 radical (unpaired) electrons. The maximum absolute atomic E-state index is 12.3. The maximum Gasteiger partial charge on any atom is 0.236 e. The molecule has 3 aromatic rings. The van der Waals surface area contributed by atoms with Gasteiger partial charge >= 0.3 is 0 Å². The van der Waals surface area contributed by atoms with Crippen LogP contribution in [-0.4, -0.2) is 24.8 Å². The second-order valence-electron chi connectivity index (χ2n) is 5.09. The van der Waals surface area contributed by atoms with Gasteiger partial charge in [-0.15, -0.1) is 11.3 Å². The van der Waals surface area contributed by atoms with Gasteiger partial charge in [-0.05, 0) is 23.8 Å². The lowest BCUT2D eigenvalue weighted by atomic mass is 10.2. The number of rotatable bonds is 5. The monoisotopic (exact) mass is 344 g/mol. The number of nitrogens with zero attached hydrogens (tertiary/aromatic N) is 2. The van der Waals surface area contributed by atoms with Gasteiger partial charge in [0.15, 0.2) is 0 Å². The summed E-state index contributed by atoms with van der Waals surface area (Å²) in [6.07, 6.45) is 1.60. The summed E-state index contributed by atoms with van der Waals surface area (Å²) in [6.45, 7) is 0.265. The average molecular weight is 344 g/mol. The zero-order chi connectivity index (χ0) is 16.3. The fourth-order valence-corrected chi connectivity index (χ4v) is 4.04. The lowest BCUT2D eigenvalue weighted by Gasteiger charge is -2.12. The van der Waals surface area contributed by atoms with Crippen LogP contribution < -0.4 is 0 Å². The summed E-state index contributed by atoms with van der Waals surface area (Å²) >= 11 is 1.51. The number of benzene rings is 2. The molecule has 4 nitrogen and oxygen atoms in total. The van der Waals surface area contributed by atoms with Crippen molar-refractivity contribution < 1.29 is 8.42 Å². The largest absolute Gasteiger partial charge is 0.240 e. The van der Waals surface area contributed by atoms with Gasteiger partial charge in [0.05, 0.1) is 16.8 Å². The first-order valence-electron chi connectivity index (χ1n) is 7.08. The minimum absolute atomic E-state index is 0.265. The highest BCUT2D eigenvalue weighted by atomic mass is 32.2. The van der Waals surface area contributed by atoms with Gasteiger partial charge < -0.3 is 0 Å². The molecule has 1 aromatic heterocycles. The summed E-state index contributed by atoms with van der Waals surface area (Å²) in [5, 5.41) is 2.01. The molecule has 2 aromatic carbocycles. The molecule has 0 aliphatic rings. The van der Waals surface area contributed by atoms with E-state index in [1.165, 1.54) is 21.1 Å². The Balaban J connectivity index is 1.76. The maximum atomic E-state index is 12.3. The summed E-state index contributed by atoms with van der Waals surface area (Å²) in [5.74, 6) is 0. The van der Waals surface area contributed by atoms with Crippen LogP contribution in [0.25, 0.3) is 16.3 Å². The van der Waals surface area contributed by atoms with Crippen LogP contribution in [0.1, 0.15) is 10.6 Å². The standard InChI is InChI=1S/C17H16N2O2S2/c1-19(13-17-18-15-9-5-6-10-16(15)22-17)23(20,21)12-11-14-7-3-2-4-8-14/h2-12H,13H2,1H3. The quantitative estimate of drug-likeness (QED) is 0.709. The van der Waals surface area contributed by atoms with Gasteiger partial charge in [0.1, 0.15) is 5.01 Å². The summed E-state index contributed by atoms with van der Waals surface area (Å²) < 4.78 is 27.1. The summed E-state index contributed by atoms with van der Waals surface area (Å²) in [4.78, 5) is 4.47. The van der Waals surface area contributed by atoms with Crippen LogP contribution in [0, 0.1) is 0 Å². The Bertz CT molecular complexity index is 898. The molecule has 3 rings (SSSR count). The van der Waals surface area contributed by atoms with E-state index in [1.54, 1.807) is 13.1 Å². The minimum Gasteiger partial charge on any atom is -0.240 e. The van der Waals surface area contributed by atoms with Crippen molar-refractivity contribution in [2.75, 3.05) is 7.05 Å². The van der Waals surface area contributed by atoms with Gasteiger partial charge in [0, 0.05) is 12.5 Å². The molecule has 0 aliphatic carbocycles. The van der Waals surface area contributed by atoms with Crippen molar-refractivity contribution >= 4 is 37.7 Å². The predicted molar refractivity (Wildman–Crippen MR) is 95.5 cm³/mol. The van der Waals surface area contributed by atoms with Crippen LogP contribution in [-0.2, 0) is 16.6 Å². The molecule has 118 valence electrons. The molecule has 0 atom stereocenters. The molecule has 0 saturated carbocycles. The fourth-order valence-electron chi connectivity index (χ4n) is 2.10. The molecule has 0 aliphatic heterocycles. The van der Waals surface area contributed by atoms with E-state index in [0.29, 0.717) is 0 Å². The molecule has 6 heteroatoms. The minimum atomic E-state index is -3.47. The van der Waals surface area contributed by atoms with Crippen molar-refractivity contribution in [1.29, 1.82) is 0 Å². The molecule has 0 unspecified atom stereocenters. The molecule has 1 heterocycles. The number of para-hydroxylation sites is 1. The Morgan fingerprint density at radius 1 is 1.09 bits per heavy atom. The first kappa shape index (κ1) is 15.9. The number of sulfonamides is 1. The molecule has 0 amide bonds. The van der Waals surface area contributed by atoms with E-state index < -0.39 is 10.0 Å². The van der Waals surface area contributed by atoms with Crippen LogP contribution in [0.3, 0.4) is 0 Å². The molecule has 0 saturated heterocycles. The SMILES string of the molecule is CN(Cc1nc2ccccc2s1)S(=O)(=O)C=Cc1ccccc1. The van der Waals surface area contributed by atoms with Crippen LogP contribution >= 0.6 is 11.3 Å². The van der Waals surface area contributed by atoms with E-state index in [2.05, 4.69) is 4.98 Å². The first-order valence-corrected chi connectivity index (χ1v) is 9.40. The lowest BCUT2D eigenvalue weighted by molar-refractivity contribution is 0.475. The average Bonchev–Trinajstić information content (AvgIpc) is 2.96. The summed E-state index contributed by atoms with van der Waals surface area (Å²) in [6, 6.07) is 17.2. The van der Waals surface area contributed by atoms with Crippen molar-refractivity contribution in [2.45, 2.75) is 6.54 Å². The van der Waals surface area contributed by atoms with Crippen molar-refractivity contribution in [3.63, 3.8) is 0 Å². The van der Waals surface area contributed by atoms with E-state index in [-0.39, 0.29) is 6.54 Å². The zero-order valence-corrected chi connectivity index (χ0v) is 14.2. The Morgan fingerprint density at radius 2 is 1.78 bits per heavy atom. The molecule has 23 heavy (non-hydrogen) atoms. The second-order valence-corrected chi connectivity index (χ2v) is 8.13. The smallest absolute Gasteiger partial charge is 0.236 e. The highest BCUT2D eigenvalue weighted by Gasteiger charge is 2.16. The Kier molecular flexibility index (Phi) is 4.56. The van der Waals surface area contributed by atoms with Crippen LogP contribution in [0.5, 0.6) is 0 Å². The molecule has 0 fully saturated rings. The predicted octanol–water partition coefficient (Wildman–Crippen LogP) is 3.73. The number of thiazole rings is 1. The Morgan fingerprint density at radius 3 is 2.52 bits per heavy atom. The second kappa shape index (κ2) is 6.62. The van der Waals surface area contributed by atoms with E-state index in [4.69, 9.17) is 0 Å². The molecular formula is C17H16N2O2S2. The van der Waals surface area contributed by atoms with Gasteiger partial charge in [-0.2, -0.15) is 4.31 Å². The normalized spacial score (nSPS) is 12.4. The van der Waals surface area contributed by atoms with Gasteiger partial charge in [-0.25, -0.2) is 13.4 Å². The summed E-state index contributed by atoms with van der Waals surface area (Å²) in [5.41, 5.74) is 1.75. The Hall–Kier alpha value is -2.02. The number of hydrogen-bond donors (Lipinski definition) is 0. The van der Waals surface area contributed by atoms with Crippen LogP contribution in [0.2, 0.25) is 0 Å². The summed E-state index contributed by atoms with van der Waals surface area (Å²) in [7, 11) is -1.91. The van der Waals surface area contributed by atoms with E-state index in [1.807, 2.05) is 54.6 Å². The van der Waals surface area contributed by atoms with Crippen molar-refractivity contribution in [1.82, 2.24) is 9.29 Å². The molecule has 0 bridgehead atoms. The van der Waals surface area contributed by atoms with Gasteiger partial charge in [-0.1, -0.05) is 42.5 Å². The number of aromatic nitrogens is 1. The van der Waals surface area contributed by atoms with Gasteiger partial charge in [0.2, 0.25) is 10.0 Å². The third kappa shape index (κ3) is 3.85. The van der Waals surface area contributed by atoms with E-state index in [9.17, 15) is 8.42 Å². The topological polar surface area (TPSA) is 50.3 Å².